The van der Waals surface area contributed by atoms with Crippen molar-refractivity contribution in [1.82, 2.24) is 0 Å². The number of rotatable bonds is 6. The minimum Gasteiger partial charge on any atom is -0.322 e. The third-order valence-corrected chi connectivity index (χ3v) is 9.05. The van der Waals surface area contributed by atoms with Crippen LogP contribution in [0.3, 0.4) is 0 Å². The van der Waals surface area contributed by atoms with Crippen LogP contribution in [0.25, 0.3) is 0 Å². The summed E-state index contributed by atoms with van der Waals surface area (Å²) in [5.74, 6) is 0.238. The van der Waals surface area contributed by atoms with Gasteiger partial charge >= 0.3 is 0 Å². The van der Waals surface area contributed by atoms with Gasteiger partial charge in [-0.1, -0.05) is 63.9 Å². The normalized spacial score (nSPS) is 18.0. The van der Waals surface area contributed by atoms with Crippen LogP contribution < -0.4 is 10.2 Å². The highest BCUT2D eigenvalue weighted by atomic mass is 35.5. The number of nitrogens with one attached hydrogen (secondary N) is 1. The fourth-order valence-electron chi connectivity index (χ4n) is 5.36. The zero-order valence-corrected chi connectivity index (χ0v) is 24.0. The molecule has 1 atom stereocenters. The topological polar surface area (TPSA) is 61.8 Å². The highest BCUT2D eigenvalue weighted by Gasteiger charge is 2.36. The Kier molecular flexibility index (Phi) is 7.47. The largest absolute Gasteiger partial charge is 0.322 e. The SMILES string of the molecule is CCCCN1C(=O)C(=Nc2sc3c(c2C(=O)Nc2ccc(Cl)cc2)CC[C@H](C(C)(C)C)C3)c2ccccc21. The van der Waals surface area contributed by atoms with E-state index >= 15 is 0 Å². The van der Waals surface area contributed by atoms with Crippen LogP contribution in [0.5, 0.6) is 0 Å². The first-order valence-electron chi connectivity index (χ1n) is 13.4. The van der Waals surface area contributed by atoms with Crippen LogP contribution in [0.4, 0.5) is 16.4 Å². The third kappa shape index (κ3) is 5.16. The molecule has 5 rings (SSSR count). The number of carbonyl (C=O) groups is 2. The number of anilines is 2. The molecule has 2 aliphatic rings. The van der Waals surface area contributed by atoms with Crippen LogP contribution in [0.2, 0.25) is 5.02 Å². The summed E-state index contributed by atoms with van der Waals surface area (Å²) in [5, 5.41) is 4.27. The van der Waals surface area contributed by atoms with Crippen LogP contribution >= 0.6 is 22.9 Å². The van der Waals surface area contributed by atoms with Crippen molar-refractivity contribution < 1.29 is 9.59 Å². The van der Waals surface area contributed by atoms with E-state index in [1.807, 2.05) is 29.2 Å². The number of benzene rings is 2. The van der Waals surface area contributed by atoms with Crippen molar-refractivity contribution in [2.75, 3.05) is 16.8 Å². The van der Waals surface area contributed by atoms with E-state index in [1.165, 1.54) is 4.88 Å². The fraction of sp³-hybridized carbons (Fsp3) is 0.387. The number of amides is 2. The summed E-state index contributed by atoms with van der Waals surface area (Å²) in [5.41, 5.74) is 4.67. The Morgan fingerprint density at radius 2 is 1.89 bits per heavy atom. The van der Waals surface area contributed by atoms with Gasteiger partial charge in [0.1, 0.15) is 10.7 Å². The van der Waals surface area contributed by atoms with Gasteiger partial charge in [0.15, 0.2) is 0 Å². The van der Waals surface area contributed by atoms with Crippen molar-refractivity contribution in [1.29, 1.82) is 0 Å². The predicted molar refractivity (Wildman–Crippen MR) is 159 cm³/mol. The highest BCUT2D eigenvalue weighted by Crippen LogP contribution is 2.46. The summed E-state index contributed by atoms with van der Waals surface area (Å²) in [6, 6.07) is 14.9. The molecule has 0 bridgehead atoms. The van der Waals surface area contributed by atoms with Gasteiger partial charge in [-0.3, -0.25) is 9.59 Å². The smallest absolute Gasteiger partial charge is 0.277 e. The van der Waals surface area contributed by atoms with E-state index < -0.39 is 0 Å². The molecule has 0 saturated heterocycles. The molecule has 2 heterocycles. The molecule has 0 saturated carbocycles. The molecule has 198 valence electrons. The Hall–Kier alpha value is -2.96. The minimum atomic E-state index is -0.194. The second-order valence-corrected chi connectivity index (χ2v) is 12.8. The Morgan fingerprint density at radius 3 is 2.61 bits per heavy atom. The van der Waals surface area contributed by atoms with Crippen molar-refractivity contribution in [2.24, 2.45) is 16.3 Å². The lowest BCUT2D eigenvalue weighted by Crippen LogP contribution is -2.30. The number of hydrogen-bond donors (Lipinski definition) is 1. The van der Waals surface area contributed by atoms with Gasteiger partial charge in [0.2, 0.25) is 0 Å². The van der Waals surface area contributed by atoms with Crippen molar-refractivity contribution in [3.63, 3.8) is 0 Å². The van der Waals surface area contributed by atoms with Crippen molar-refractivity contribution in [3.8, 4) is 0 Å². The zero-order valence-electron chi connectivity index (χ0n) is 22.4. The lowest BCUT2D eigenvalue weighted by Gasteiger charge is -2.33. The van der Waals surface area contributed by atoms with E-state index in [4.69, 9.17) is 16.6 Å². The number of para-hydroxylation sites is 1. The highest BCUT2D eigenvalue weighted by molar-refractivity contribution is 7.16. The zero-order chi connectivity index (χ0) is 27.0. The van der Waals surface area contributed by atoms with E-state index in [-0.39, 0.29) is 17.2 Å². The number of thiophene rings is 1. The molecule has 0 fully saturated rings. The first-order chi connectivity index (χ1) is 18.2. The minimum absolute atomic E-state index is 0.0948. The van der Waals surface area contributed by atoms with Gasteiger partial charge in [0.05, 0.1) is 11.3 Å². The van der Waals surface area contributed by atoms with E-state index in [0.29, 0.717) is 39.4 Å². The number of aliphatic imine (C=N–C) groups is 1. The summed E-state index contributed by atoms with van der Waals surface area (Å²) >= 11 is 7.61. The van der Waals surface area contributed by atoms with Crippen LogP contribution in [0.1, 0.15) is 73.3 Å². The van der Waals surface area contributed by atoms with Gasteiger partial charge in [-0.15, -0.1) is 11.3 Å². The molecule has 5 nitrogen and oxygen atoms in total. The lowest BCUT2D eigenvalue weighted by molar-refractivity contribution is -0.112. The van der Waals surface area contributed by atoms with Gasteiger partial charge in [0, 0.05) is 27.7 Å². The van der Waals surface area contributed by atoms with Crippen molar-refractivity contribution in [3.05, 3.63) is 75.1 Å². The van der Waals surface area contributed by atoms with E-state index in [9.17, 15) is 9.59 Å². The summed E-state index contributed by atoms with van der Waals surface area (Å²) < 4.78 is 0. The molecule has 1 N–H and O–H groups in total. The van der Waals surface area contributed by atoms with Gasteiger partial charge in [-0.05, 0) is 72.9 Å². The fourth-order valence-corrected chi connectivity index (χ4v) is 6.79. The Balaban J connectivity index is 1.58. The number of unbranched alkanes of at least 4 members (excludes halogenated alkanes) is 1. The number of halogens is 1. The summed E-state index contributed by atoms with van der Waals surface area (Å²) in [7, 11) is 0. The molecule has 38 heavy (non-hydrogen) atoms. The second kappa shape index (κ2) is 10.7. The third-order valence-electron chi connectivity index (χ3n) is 7.65. The van der Waals surface area contributed by atoms with Crippen LogP contribution in [0.15, 0.2) is 53.5 Å². The molecule has 3 aromatic rings. The van der Waals surface area contributed by atoms with Gasteiger partial charge in [0.25, 0.3) is 11.8 Å². The number of carbonyl (C=O) groups excluding carboxylic acids is 2. The molecule has 0 unspecified atom stereocenters. The summed E-state index contributed by atoms with van der Waals surface area (Å²) in [6.45, 7) is 9.62. The molecular weight excluding hydrogens is 514 g/mol. The molecule has 2 amide bonds. The Labute approximate surface area is 233 Å². The molecule has 7 heteroatoms. The maximum atomic E-state index is 13.7. The molecule has 1 aliphatic carbocycles. The van der Waals surface area contributed by atoms with Crippen molar-refractivity contribution >= 4 is 56.8 Å². The second-order valence-electron chi connectivity index (χ2n) is 11.2. The van der Waals surface area contributed by atoms with Crippen molar-refractivity contribution in [2.45, 2.75) is 59.8 Å². The number of fused-ring (bicyclic) bond motifs is 2. The molecule has 1 aliphatic heterocycles. The van der Waals surface area contributed by atoms with Gasteiger partial charge in [-0.25, -0.2) is 4.99 Å². The standard InChI is InChI=1S/C31H34ClN3O2S/c1-5-6-17-35-24-10-8-7-9-22(24)27(30(35)37)34-29-26(28(36)33-21-14-12-20(32)13-15-21)23-16-11-19(31(2,3)4)18-25(23)38-29/h7-10,12-15,19H,5-6,11,16-18H2,1-4H3,(H,33,36)/t19-/m0/s1. The molecule has 0 spiro atoms. The van der Waals surface area contributed by atoms with Gasteiger partial charge < -0.3 is 10.2 Å². The molecule has 2 aromatic carbocycles. The first kappa shape index (κ1) is 26.6. The first-order valence-corrected chi connectivity index (χ1v) is 14.6. The maximum absolute atomic E-state index is 13.7. The summed E-state index contributed by atoms with van der Waals surface area (Å²) in [4.78, 5) is 35.3. The summed E-state index contributed by atoms with van der Waals surface area (Å²) in [6.07, 6.45) is 4.69. The molecule has 1 aromatic heterocycles. The van der Waals surface area contributed by atoms with Crippen LogP contribution in [-0.4, -0.2) is 24.1 Å². The average molecular weight is 548 g/mol. The van der Waals surface area contributed by atoms with Gasteiger partial charge in [-0.2, -0.15) is 0 Å². The predicted octanol–water partition coefficient (Wildman–Crippen LogP) is 8.07. The Morgan fingerprint density at radius 1 is 1.16 bits per heavy atom. The van der Waals surface area contributed by atoms with E-state index in [0.717, 1.165) is 48.9 Å². The quantitative estimate of drug-likeness (QED) is 0.339. The number of hydrogen-bond acceptors (Lipinski definition) is 4. The monoisotopic (exact) mass is 547 g/mol. The van der Waals surface area contributed by atoms with E-state index in [1.54, 1.807) is 35.6 Å². The molecule has 0 radical (unpaired) electrons. The number of nitrogens with zero attached hydrogens (tertiary/aromatic N) is 2. The van der Waals surface area contributed by atoms with E-state index in [2.05, 4.69) is 33.0 Å². The van der Waals surface area contributed by atoms with Crippen LogP contribution in [-0.2, 0) is 17.6 Å². The van der Waals surface area contributed by atoms with Crippen LogP contribution in [0, 0.1) is 11.3 Å². The Bertz CT molecular complexity index is 1400. The lowest BCUT2D eigenvalue weighted by atomic mass is 9.72. The molecular formula is C31H34ClN3O2S. The average Bonchev–Trinajstić information content (AvgIpc) is 3.38. The maximum Gasteiger partial charge on any atom is 0.277 e.